The summed E-state index contributed by atoms with van der Waals surface area (Å²) < 4.78 is 22.3. The lowest BCUT2D eigenvalue weighted by Crippen LogP contribution is -2.39. The highest BCUT2D eigenvalue weighted by Crippen LogP contribution is 2.11. The van der Waals surface area contributed by atoms with Crippen LogP contribution in [0.25, 0.3) is 0 Å². The fourth-order valence-corrected chi connectivity index (χ4v) is 2.36. The molecule has 0 aliphatic heterocycles. The maximum absolute atomic E-state index is 11.1. The van der Waals surface area contributed by atoms with Gasteiger partial charge in [0.15, 0.2) is 5.96 Å². The molecule has 0 aromatic heterocycles. The van der Waals surface area contributed by atoms with Crippen molar-refractivity contribution in [2.24, 2.45) is 4.99 Å². The van der Waals surface area contributed by atoms with Crippen LogP contribution in [0.3, 0.4) is 0 Å². The number of aryl methyl sites for hydroxylation is 2. The van der Waals surface area contributed by atoms with E-state index in [1.807, 2.05) is 6.92 Å². The van der Waals surface area contributed by atoms with E-state index in [0.29, 0.717) is 19.0 Å². The molecule has 1 aromatic rings. The first-order valence-electron chi connectivity index (χ1n) is 7.08. The zero-order valence-electron chi connectivity index (χ0n) is 13.2. The van der Waals surface area contributed by atoms with E-state index >= 15 is 0 Å². The van der Waals surface area contributed by atoms with Crippen molar-refractivity contribution in [2.75, 3.05) is 25.1 Å². The molecule has 0 spiro atoms. The average Bonchev–Trinajstić information content (AvgIpc) is 2.36. The van der Waals surface area contributed by atoms with Crippen LogP contribution in [0.4, 0.5) is 0 Å². The molecule has 0 heterocycles. The lowest BCUT2D eigenvalue weighted by Gasteiger charge is -2.11. The summed E-state index contributed by atoms with van der Waals surface area (Å²) in [6.45, 7) is 7.78. The molecule has 0 bridgehead atoms. The van der Waals surface area contributed by atoms with E-state index in [0.717, 1.165) is 6.54 Å². The van der Waals surface area contributed by atoms with Crippen molar-refractivity contribution in [1.82, 2.24) is 10.6 Å². The van der Waals surface area contributed by atoms with E-state index < -0.39 is 9.84 Å². The van der Waals surface area contributed by atoms with Crippen molar-refractivity contribution >= 4 is 15.8 Å². The predicted octanol–water partition coefficient (Wildman–Crippen LogP) is 1.40. The zero-order valence-corrected chi connectivity index (χ0v) is 14.0. The van der Waals surface area contributed by atoms with E-state index in [1.54, 1.807) is 0 Å². The van der Waals surface area contributed by atoms with Gasteiger partial charge < -0.3 is 10.6 Å². The second kappa shape index (κ2) is 8.02. The third kappa shape index (κ3) is 7.13. The van der Waals surface area contributed by atoms with Crippen LogP contribution in [0.2, 0.25) is 0 Å². The van der Waals surface area contributed by atoms with Gasteiger partial charge in [0.2, 0.25) is 0 Å². The van der Waals surface area contributed by atoms with Gasteiger partial charge in [-0.2, -0.15) is 0 Å². The summed E-state index contributed by atoms with van der Waals surface area (Å²) in [6.07, 6.45) is 1.23. The lowest BCUT2D eigenvalue weighted by atomic mass is 10.1. The third-order valence-corrected chi connectivity index (χ3v) is 3.96. The molecule has 0 aliphatic carbocycles. The maximum atomic E-state index is 11.1. The average molecular weight is 311 g/mol. The second-order valence-corrected chi connectivity index (χ2v) is 7.44. The van der Waals surface area contributed by atoms with Crippen molar-refractivity contribution in [3.8, 4) is 0 Å². The van der Waals surface area contributed by atoms with Crippen molar-refractivity contribution in [3.63, 3.8) is 0 Å². The Hall–Kier alpha value is -1.56. The highest BCUT2D eigenvalue weighted by Gasteiger charge is 2.04. The Morgan fingerprint density at radius 2 is 1.95 bits per heavy atom. The van der Waals surface area contributed by atoms with Crippen LogP contribution in [0.1, 0.15) is 23.6 Å². The minimum atomic E-state index is -2.96. The van der Waals surface area contributed by atoms with Gasteiger partial charge in [0.25, 0.3) is 0 Å². The van der Waals surface area contributed by atoms with Crippen LogP contribution >= 0.6 is 0 Å². The monoisotopic (exact) mass is 311 g/mol. The number of nitrogens with one attached hydrogen (secondary N) is 2. The van der Waals surface area contributed by atoms with Crippen molar-refractivity contribution in [3.05, 3.63) is 34.9 Å². The van der Waals surface area contributed by atoms with Gasteiger partial charge >= 0.3 is 0 Å². The van der Waals surface area contributed by atoms with E-state index in [-0.39, 0.29) is 5.75 Å². The fraction of sp³-hybridized carbons (Fsp3) is 0.533. The summed E-state index contributed by atoms with van der Waals surface area (Å²) >= 11 is 0. The molecule has 2 N–H and O–H groups in total. The van der Waals surface area contributed by atoms with Crippen molar-refractivity contribution in [2.45, 2.75) is 27.3 Å². The van der Waals surface area contributed by atoms with Crippen LogP contribution in [0, 0.1) is 13.8 Å². The smallest absolute Gasteiger partial charge is 0.191 e. The third-order valence-electron chi connectivity index (χ3n) is 3.02. The van der Waals surface area contributed by atoms with E-state index in [1.165, 1.54) is 22.9 Å². The molecule has 0 unspecified atom stereocenters. The molecule has 1 aromatic carbocycles. The van der Waals surface area contributed by atoms with Gasteiger partial charge in [-0.25, -0.2) is 13.4 Å². The lowest BCUT2D eigenvalue weighted by molar-refractivity contribution is 0.600. The fourth-order valence-electron chi connectivity index (χ4n) is 1.88. The number of benzene rings is 1. The molecular formula is C15H25N3O2S. The van der Waals surface area contributed by atoms with Crippen LogP contribution in [-0.2, 0) is 16.4 Å². The minimum absolute atomic E-state index is 0.0982. The van der Waals surface area contributed by atoms with Crippen LogP contribution in [0.5, 0.6) is 0 Å². The number of guanidine groups is 1. The number of hydrogen-bond acceptors (Lipinski definition) is 3. The van der Waals surface area contributed by atoms with Gasteiger partial charge in [-0.1, -0.05) is 23.8 Å². The Kier molecular flexibility index (Phi) is 6.68. The predicted molar refractivity (Wildman–Crippen MR) is 88.4 cm³/mol. The SMILES string of the molecule is CCNC(=NCc1ccc(C)cc1C)NCCS(C)(=O)=O. The van der Waals surface area contributed by atoms with Gasteiger partial charge in [-0.3, -0.25) is 0 Å². The first kappa shape index (κ1) is 17.5. The Labute approximate surface area is 127 Å². The number of aliphatic imine (C=N–C) groups is 1. The molecule has 0 atom stereocenters. The Balaban J connectivity index is 2.66. The molecule has 21 heavy (non-hydrogen) atoms. The van der Waals surface area contributed by atoms with Crippen molar-refractivity contribution < 1.29 is 8.42 Å². The summed E-state index contributed by atoms with van der Waals surface area (Å²) in [7, 11) is -2.96. The molecule has 0 radical (unpaired) electrons. The van der Waals surface area contributed by atoms with Crippen molar-refractivity contribution in [1.29, 1.82) is 0 Å². The molecule has 118 valence electrons. The number of nitrogens with zero attached hydrogens (tertiary/aromatic N) is 1. The van der Waals surface area contributed by atoms with Gasteiger partial charge in [-0.05, 0) is 31.9 Å². The van der Waals surface area contributed by atoms with Crippen LogP contribution in [0.15, 0.2) is 23.2 Å². The summed E-state index contributed by atoms with van der Waals surface area (Å²) in [5.74, 6) is 0.738. The molecule has 0 aliphatic rings. The molecule has 0 saturated heterocycles. The Morgan fingerprint density at radius 3 is 2.52 bits per heavy atom. The highest BCUT2D eigenvalue weighted by atomic mass is 32.2. The maximum Gasteiger partial charge on any atom is 0.191 e. The first-order valence-corrected chi connectivity index (χ1v) is 9.14. The Morgan fingerprint density at radius 1 is 1.24 bits per heavy atom. The minimum Gasteiger partial charge on any atom is -0.357 e. The number of hydrogen-bond donors (Lipinski definition) is 2. The largest absolute Gasteiger partial charge is 0.357 e. The quantitative estimate of drug-likeness (QED) is 0.615. The molecule has 5 nitrogen and oxygen atoms in total. The summed E-state index contributed by atoms with van der Waals surface area (Å²) in [5.41, 5.74) is 3.62. The number of rotatable bonds is 6. The standard InChI is InChI=1S/C15H25N3O2S/c1-5-16-15(17-8-9-21(4,19)20)18-11-14-7-6-12(2)10-13(14)3/h6-7,10H,5,8-9,11H2,1-4H3,(H2,16,17,18). The Bertz CT molecular complexity index is 595. The molecular weight excluding hydrogens is 286 g/mol. The van der Waals surface area contributed by atoms with E-state index in [4.69, 9.17) is 0 Å². The highest BCUT2D eigenvalue weighted by molar-refractivity contribution is 7.90. The normalized spacial score (nSPS) is 12.3. The molecule has 0 fully saturated rings. The van der Waals surface area contributed by atoms with Crippen LogP contribution in [-0.4, -0.2) is 39.5 Å². The van der Waals surface area contributed by atoms with Gasteiger partial charge in [0.05, 0.1) is 12.3 Å². The van der Waals surface area contributed by atoms with E-state index in [9.17, 15) is 8.42 Å². The molecule has 0 saturated carbocycles. The zero-order chi connectivity index (χ0) is 15.9. The van der Waals surface area contributed by atoms with E-state index in [2.05, 4.69) is 47.7 Å². The summed E-state index contributed by atoms with van der Waals surface area (Å²) in [5, 5.41) is 6.15. The molecule has 1 rings (SSSR count). The topological polar surface area (TPSA) is 70.6 Å². The van der Waals surface area contributed by atoms with Gasteiger partial charge in [-0.15, -0.1) is 0 Å². The molecule has 0 amide bonds. The van der Waals surface area contributed by atoms with Gasteiger partial charge in [0.1, 0.15) is 9.84 Å². The summed E-state index contributed by atoms with van der Waals surface area (Å²) in [6, 6.07) is 6.28. The first-order chi connectivity index (χ1) is 9.81. The number of sulfone groups is 1. The van der Waals surface area contributed by atoms with Gasteiger partial charge in [0, 0.05) is 19.3 Å². The summed E-state index contributed by atoms with van der Waals surface area (Å²) in [4.78, 5) is 4.49. The second-order valence-electron chi connectivity index (χ2n) is 5.18. The molecule has 6 heteroatoms. The van der Waals surface area contributed by atoms with Crippen LogP contribution < -0.4 is 10.6 Å².